The van der Waals surface area contributed by atoms with Gasteiger partial charge in [0.1, 0.15) is 16.9 Å². The molecule has 25 heavy (non-hydrogen) atoms. The first kappa shape index (κ1) is 15.5. The minimum atomic E-state index is -0.327. The van der Waals surface area contributed by atoms with Crippen LogP contribution in [0.25, 0.3) is 33.1 Å². The maximum Gasteiger partial charge on any atom is 0.336 e. The van der Waals surface area contributed by atoms with Gasteiger partial charge in [-0.05, 0) is 42.7 Å². The first-order valence-corrected chi connectivity index (χ1v) is 8.24. The van der Waals surface area contributed by atoms with Crippen molar-refractivity contribution in [2.75, 3.05) is 7.11 Å². The third kappa shape index (κ3) is 2.41. The molecule has 0 N–H and O–H groups in total. The highest BCUT2D eigenvalue weighted by Crippen LogP contribution is 2.37. The number of aryl methyl sites for hydroxylation is 2. The molecular formula is C21H18O4. The van der Waals surface area contributed by atoms with Gasteiger partial charge in [0, 0.05) is 28.0 Å². The quantitative estimate of drug-likeness (QED) is 0.490. The molecule has 4 nitrogen and oxygen atoms in total. The van der Waals surface area contributed by atoms with Crippen LogP contribution in [-0.4, -0.2) is 7.11 Å². The Morgan fingerprint density at radius 3 is 2.68 bits per heavy atom. The van der Waals surface area contributed by atoms with E-state index in [-0.39, 0.29) is 5.63 Å². The predicted molar refractivity (Wildman–Crippen MR) is 98.4 cm³/mol. The number of fused-ring (bicyclic) bond motifs is 2. The van der Waals surface area contributed by atoms with Crippen molar-refractivity contribution in [1.29, 1.82) is 0 Å². The summed E-state index contributed by atoms with van der Waals surface area (Å²) in [5.41, 5.74) is 4.85. The van der Waals surface area contributed by atoms with Gasteiger partial charge in [0.05, 0.1) is 13.4 Å². The lowest BCUT2D eigenvalue weighted by molar-refractivity contribution is 0.415. The zero-order valence-corrected chi connectivity index (χ0v) is 14.4. The fourth-order valence-electron chi connectivity index (χ4n) is 3.34. The van der Waals surface area contributed by atoms with Gasteiger partial charge in [-0.25, -0.2) is 4.79 Å². The van der Waals surface area contributed by atoms with Crippen molar-refractivity contribution in [3.05, 3.63) is 64.2 Å². The smallest absolute Gasteiger partial charge is 0.336 e. The van der Waals surface area contributed by atoms with Gasteiger partial charge in [-0.15, -0.1) is 0 Å². The molecule has 4 heteroatoms. The highest BCUT2D eigenvalue weighted by molar-refractivity contribution is 6.04. The van der Waals surface area contributed by atoms with Gasteiger partial charge in [-0.2, -0.15) is 0 Å². The summed E-state index contributed by atoms with van der Waals surface area (Å²) in [6.45, 7) is 3.96. The van der Waals surface area contributed by atoms with Gasteiger partial charge >= 0.3 is 5.63 Å². The van der Waals surface area contributed by atoms with Gasteiger partial charge in [-0.1, -0.05) is 19.1 Å². The lowest BCUT2D eigenvalue weighted by Crippen LogP contribution is -2.01. The fraction of sp³-hybridized carbons (Fsp3) is 0.190. The van der Waals surface area contributed by atoms with E-state index in [0.717, 1.165) is 50.8 Å². The largest absolute Gasteiger partial charge is 0.497 e. The maximum absolute atomic E-state index is 11.8. The van der Waals surface area contributed by atoms with Gasteiger partial charge in [0.2, 0.25) is 0 Å². The summed E-state index contributed by atoms with van der Waals surface area (Å²) in [5.74, 6) is 0.796. The zero-order valence-electron chi connectivity index (χ0n) is 14.4. The van der Waals surface area contributed by atoms with E-state index in [1.807, 2.05) is 38.1 Å². The average Bonchev–Trinajstić information content (AvgIpc) is 3.06. The second kappa shape index (κ2) is 5.81. The Morgan fingerprint density at radius 1 is 1.08 bits per heavy atom. The standard InChI is InChI=1S/C21H18O4/c1-4-13-9-19(22)25-21-12(2)20-17(10-16(13)21)18(11-24-20)14-6-5-7-15(8-14)23-3/h5-11H,4H2,1-3H3. The van der Waals surface area contributed by atoms with Gasteiger partial charge in [0.15, 0.2) is 0 Å². The van der Waals surface area contributed by atoms with Crippen molar-refractivity contribution in [3.8, 4) is 16.9 Å². The maximum atomic E-state index is 11.8. The molecule has 0 saturated carbocycles. The molecule has 2 aromatic carbocycles. The van der Waals surface area contributed by atoms with Gasteiger partial charge < -0.3 is 13.6 Å². The Morgan fingerprint density at radius 2 is 1.92 bits per heavy atom. The number of hydrogen-bond donors (Lipinski definition) is 0. The average molecular weight is 334 g/mol. The normalized spacial score (nSPS) is 11.3. The Kier molecular flexibility index (Phi) is 3.61. The molecular weight excluding hydrogens is 316 g/mol. The molecule has 0 aliphatic rings. The fourth-order valence-corrected chi connectivity index (χ4v) is 3.34. The number of ether oxygens (including phenoxy) is 1. The first-order valence-electron chi connectivity index (χ1n) is 8.24. The van der Waals surface area contributed by atoms with Crippen molar-refractivity contribution >= 4 is 21.9 Å². The highest BCUT2D eigenvalue weighted by atomic mass is 16.5. The van der Waals surface area contributed by atoms with Crippen LogP contribution in [0.2, 0.25) is 0 Å². The minimum absolute atomic E-state index is 0.327. The molecule has 0 aliphatic heterocycles. The van der Waals surface area contributed by atoms with Crippen LogP contribution < -0.4 is 10.4 Å². The van der Waals surface area contributed by atoms with Gasteiger partial charge in [0.25, 0.3) is 0 Å². The first-order chi connectivity index (χ1) is 12.1. The van der Waals surface area contributed by atoms with E-state index >= 15 is 0 Å². The van der Waals surface area contributed by atoms with Crippen LogP contribution in [0, 0.1) is 6.92 Å². The molecule has 0 spiro atoms. The molecule has 2 heterocycles. The van der Waals surface area contributed by atoms with Crippen molar-refractivity contribution in [2.45, 2.75) is 20.3 Å². The number of rotatable bonds is 3. The Labute approximate surface area is 144 Å². The molecule has 0 bridgehead atoms. The van der Waals surface area contributed by atoms with Crippen molar-refractivity contribution in [2.24, 2.45) is 0 Å². The van der Waals surface area contributed by atoms with Crippen LogP contribution in [-0.2, 0) is 6.42 Å². The molecule has 0 unspecified atom stereocenters. The molecule has 0 radical (unpaired) electrons. The molecule has 0 atom stereocenters. The number of furan rings is 1. The number of benzene rings is 2. The van der Waals surface area contributed by atoms with Crippen molar-refractivity contribution < 1.29 is 13.6 Å². The van der Waals surface area contributed by atoms with E-state index in [2.05, 4.69) is 6.07 Å². The lowest BCUT2D eigenvalue weighted by atomic mass is 9.98. The van der Waals surface area contributed by atoms with Crippen molar-refractivity contribution in [3.63, 3.8) is 0 Å². The van der Waals surface area contributed by atoms with Crippen LogP contribution in [0.3, 0.4) is 0 Å². The minimum Gasteiger partial charge on any atom is -0.497 e. The molecule has 0 fully saturated rings. The van der Waals surface area contributed by atoms with E-state index in [1.165, 1.54) is 0 Å². The third-order valence-corrected chi connectivity index (χ3v) is 4.65. The summed E-state index contributed by atoms with van der Waals surface area (Å²) < 4.78 is 16.6. The Balaban J connectivity index is 2.07. The summed E-state index contributed by atoms with van der Waals surface area (Å²) in [5, 5.41) is 1.96. The second-order valence-electron chi connectivity index (χ2n) is 6.08. The third-order valence-electron chi connectivity index (χ3n) is 4.65. The van der Waals surface area contributed by atoms with Crippen LogP contribution in [0.5, 0.6) is 5.75 Å². The van der Waals surface area contributed by atoms with E-state index < -0.39 is 0 Å². The summed E-state index contributed by atoms with van der Waals surface area (Å²) in [4.78, 5) is 11.8. The van der Waals surface area contributed by atoms with Crippen LogP contribution in [0.1, 0.15) is 18.1 Å². The topological polar surface area (TPSA) is 52.6 Å². The molecule has 0 saturated heterocycles. The molecule has 0 aliphatic carbocycles. The Bertz CT molecular complexity index is 1150. The summed E-state index contributed by atoms with van der Waals surface area (Å²) >= 11 is 0. The van der Waals surface area contributed by atoms with Crippen LogP contribution in [0.15, 0.2) is 56.3 Å². The Hall–Kier alpha value is -3.01. The number of hydrogen-bond acceptors (Lipinski definition) is 4. The van der Waals surface area contributed by atoms with Crippen LogP contribution >= 0.6 is 0 Å². The zero-order chi connectivity index (χ0) is 17.6. The van der Waals surface area contributed by atoms with Gasteiger partial charge in [-0.3, -0.25) is 0 Å². The number of methoxy groups -OCH3 is 1. The molecule has 126 valence electrons. The predicted octanol–water partition coefficient (Wildman–Crippen LogP) is 5.09. The second-order valence-corrected chi connectivity index (χ2v) is 6.08. The summed E-state index contributed by atoms with van der Waals surface area (Å²) in [7, 11) is 1.65. The summed E-state index contributed by atoms with van der Waals surface area (Å²) in [6.07, 6.45) is 2.51. The van der Waals surface area contributed by atoms with E-state index in [0.29, 0.717) is 5.58 Å². The van der Waals surface area contributed by atoms with E-state index in [9.17, 15) is 4.79 Å². The van der Waals surface area contributed by atoms with E-state index in [1.54, 1.807) is 19.4 Å². The molecule has 4 rings (SSSR count). The lowest BCUT2D eigenvalue weighted by Gasteiger charge is -2.07. The molecule has 2 aromatic heterocycles. The van der Waals surface area contributed by atoms with Crippen LogP contribution in [0.4, 0.5) is 0 Å². The highest BCUT2D eigenvalue weighted by Gasteiger charge is 2.16. The monoisotopic (exact) mass is 334 g/mol. The molecule has 0 amide bonds. The SMILES string of the molecule is CCc1cc(=O)oc2c(C)c3occ(-c4cccc(OC)c4)c3cc12. The van der Waals surface area contributed by atoms with Crippen molar-refractivity contribution in [1.82, 2.24) is 0 Å². The summed E-state index contributed by atoms with van der Waals surface area (Å²) in [6, 6.07) is 11.5. The van der Waals surface area contributed by atoms with E-state index in [4.69, 9.17) is 13.6 Å². The molecule has 4 aromatic rings.